The molecule has 2 aromatic heterocycles. The molecule has 0 saturated heterocycles. The van der Waals surface area contributed by atoms with Gasteiger partial charge in [0.2, 0.25) is 5.88 Å². The fourth-order valence-corrected chi connectivity index (χ4v) is 2.67. The van der Waals surface area contributed by atoms with Crippen molar-refractivity contribution in [1.82, 2.24) is 4.98 Å². The summed E-state index contributed by atoms with van der Waals surface area (Å²) in [4.78, 5) is 16.6. The Bertz CT molecular complexity index is 928. The number of carbonyl (C=O) groups is 1. The van der Waals surface area contributed by atoms with Crippen LogP contribution >= 0.6 is 15.9 Å². The van der Waals surface area contributed by atoms with Gasteiger partial charge in [0.05, 0.1) is 6.61 Å². The molecule has 0 radical (unpaired) electrons. The maximum atomic E-state index is 12.5. The van der Waals surface area contributed by atoms with Gasteiger partial charge in [0.1, 0.15) is 30.4 Å². The number of aromatic nitrogens is 1. The smallest absolute Gasteiger partial charge is 0.291 e. The van der Waals surface area contributed by atoms with E-state index >= 15 is 0 Å². The van der Waals surface area contributed by atoms with Gasteiger partial charge in [0.25, 0.3) is 5.91 Å². The molecule has 0 aliphatic carbocycles. The molecule has 7 nitrogen and oxygen atoms in total. The average molecular weight is 447 g/mol. The number of benzene rings is 1. The zero-order valence-electron chi connectivity index (χ0n) is 15.2. The van der Waals surface area contributed by atoms with Crippen molar-refractivity contribution in [2.45, 2.75) is 6.61 Å². The van der Waals surface area contributed by atoms with Gasteiger partial charge in [0, 0.05) is 17.8 Å². The average Bonchev–Trinajstić information content (AvgIpc) is 3.17. The van der Waals surface area contributed by atoms with E-state index < -0.39 is 5.91 Å². The topological polar surface area (TPSA) is 82.8 Å². The van der Waals surface area contributed by atoms with E-state index in [1.54, 1.807) is 37.6 Å². The zero-order chi connectivity index (χ0) is 19.8. The maximum Gasteiger partial charge on any atom is 0.291 e. The van der Waals surface area contributed by atoms with Crippen LogP contribution in [0.4, 0.5) is 5.69 Å². The third-order valence-electron chi connectivity index (χ3n) is 3.61. The number of rotatable bonds is 9. The lowest BCUT2D eigenvalue weighted by Gasteiger charge is -2.10. The van der Waals surface area contributed by atoms with Crippen LogP contribution in [0.15, 0.2) is 63.6 Å². The Morgan fingerprint density at radius 2 is 2.04 bits per heavy atom. The molecule has 0 aliphatic rings. The van der Waals surface area contributed by atoms with Crippen molar-refractivity contribution in [3.05, 3.63) is 70.7 Å². The van der Waals surface area contributed by atoms with Crippen molar-refractivity contribution in [3.63, 3.8) is 0 Å². The number of halogens is 1. The number of nitrogens with zero attached hydrogens (tertiary/aromatic N) is 1. The molecule has 1 aromatic carbocycles. The van der Waals surface area contributed by atoms with Crippen molar-refractivity contribution in [3.8, 4) is 11.6 Å². The molecular weight excluding hydrogens is 428 g/mol. The standard InChI is InChI=1S/C20H19BrN2O5/c1-25-10-11-26-20-17(6-3-9-22-20)23-19(24)18-8-7-16(28-18)13-27-15-5-2-4-14(21)12-15/h2-9,12H,10-11,13H2,1H3,(H,23,24). The number of ether oxygens (including phenoxy) is 3. The van der Waals surface area contributed by atoms with Crippen LogP contribution in [-0.2, 0) is 11.3 Å². The van der Waals surface area contributed by atoms with Crippen LogP contribution in [0.25, 0.3) is 0 Å². The molecule has 28 heavy (non-hydrogen) atoms. The first-order valence-corrected chi connectivity index (χ1v) is 9.30. The van der Waals surface area contributed by atoms with Crippen LogP contribution in [0, 0.1) is 0 Å². The summed E-state index contributed by atoms with van der Waals surface area (Å²) < 4.78 is 22.6. The molecule has 0 atom stereocenters. The Morgan fingerprint density at radius 1 is 1.14 bits per heavy atom. The molecule has 0 unspecified atom stereocenters. The van der Waals surface area contributed by atoms with E-state index in [9.17, 15) is 4.79 Å². The second-order valence-electron chi connectivity index (χ2n) is 5.66. The minimum Gasteiger partial charge on any atom is -0.486 e. The van der Waals surface area contributed by atoms with E-state index in [0.29, 0.717) is 36.3 Å². The Labute approximate surface area is 170 Å². The van der Waals surface area contributed by atoms with E-state index in [-0.39, 0.29) is 12.4 Å². The van der Waals surface area contributed by atoms with Gasteiger partial charge < -0.3 is 23.9 Å². The van der Waals surface area contributed by atoms with Crippen LogP contribution in [0.5, 0.6) is 11.6 Å². The molecule has 0 bridgehead atoms. The Hall–Kier alpha value is -2.84. The van der Waals surface area contributed by atoms with Gasteiger partial charge in [0.15, 0.2) is 5.76 Å². The molecule has 2 heterocycles. The lowest BCUT2D eigenvalue weighted by atomic mass is 10.3. The number of hydrogen-bond donors (Lipinski definition) is 1. The fourth-order valence-electron chi connectivity index (χ4n) is 2.30. The highest BCUT2D eigenvalue weighted by Crippen LogP contribution is 2.22. The molecule has 1 N–H and O–H groups in total. The lowest BCUT2D eigenvalue weighted by molar-refractivity contribution is 0.0991. The number of nitrogens with one attached hydrogen (secondary N) is 1. The van der Waals surface area contributed by atoms with Gasteiger partial charge >= 0.3 is 0 Å². The van der Waals surface area contributed by atoms with Crippen molar-refractivity contribution in [1.29, 1.82) is 0 Å². The fraction of sp³-hybridized carbons (Fsp3) is 0.200. The minimum absolute atomic E-state index is 0.166. The summed E-state index contributed by atoms with van der Waals surface area (Å²) in [5.74, 6) is 1.31. The molecule has 146 valence electrons. The van der Waals surface area contributed by atoms with Crippen LogP contribution in [0.3, 0.4) is 0 Å². The number of hydrogen-bond acceptors (Lipinski definition) is 6. The first-order valence-electron chi connectivity index (χ1n) is 8.51. The number of furan rings is 1. The SMILES string of the molecule is COCCOc1ncccc1NC(=O)c1ccc(COc2cccc(Br)c2)o1. The zero-order valence-corrected chi connectivity index (χ0v) is 16.8. The molecular formula is C20H19BrN2O5. The third kappa shape index (κ3) is 5.58. The van der Waals surface area contributed by atoms with E-state index in [0.717, 1.165) is 4.47 Å². The van der Waals surface area contributed by atoms with Crippen LogP contribution in [-0.4, -0.2) is 31.2 Å². The highest BCUT2D eigenvalue weighted by atomic mass is 79.9. The summed E-state index contributed by atoms with van der Waals surface area (Å²) >= 11 is 3.39. The summed E-state index contributed by atoms with van der Waals surface area (Å²) in [6, 6.07) is 14.2. The Balaban J connectivity index is 1.60. The Morgan fingerprint density at radius 3 is 2.86 bits per heavy atom. The summed E-state index contributed by atoms with van der Waals surface area (Å²) in [5, 5.41) is 2.74. The van der Waals surface area contributed by atoms with Gasteiger partial charge in [-0.05, 0) is 42.5 Å². The van der Waals surface area contributed by atoms with Crippen LogP contribution in [0.2, 0.25) is 0 Å². The largest absolute Gasteiger partial charge is 0.486 e. The molecule has 1 amide bonds. The highest BCUT2D eigenvalue weighted by molar-refractivity contribution is 9.10. The molecule has 3 rings (SSSR count). The highest BCUT2D eigenvalue weighted by Gasteiger charge is 2.15. The first kappa shape index (κ1) is 19.9. The number of amides is 1. The van der Waals surface area contributed by atoms with E-state index in [1.165, 1.54) is 0 Å². The van der Waals surface area contributed by atoms with Gasteiger partial charge in [-0.1, -0.05) is 22.0 Å². The molecule has 3 aromatic rings. The van der Waals surface area contributed by atoms with Crippen molar-refractivity contribution < 1.29 is 23.4 Å². The molecule has 0 saturated carbocycles. The number of pyridine rings is 1. The minimum atomic E-state index is -0.404. The monoisotopic (exact) mass is 446 g/mol. The van der Waals surface area contributed by atoms with E-state index in [4.69, 9.17) is 18.6 Å². The number of carbonyl (C=O) groups excluding carboxylic acids is 1. The van der Waals surface area contributed by atoms with Crippen molar-refractivity contribution in [2.24, 2.45) is 0 Å². The van der Waals surface area contributed by atoms with Crippen LogP contribution < -0.4 is 14.8 Å². The van der Waals surface area contributed by atoms with Crippen molar-refractivity contribution >= 4 is 27.5 Å². The summed E-state index contributed by atoms with van der Waals surface area (Å²) in [6.07, 6.45) is 1.59. The van der Waals surface area contributed by atoms with Crippen molar-refractivity contribution in [2.75, 3.05) is 25.6 Å². The molecule has 0 spiro atoms. The summed E-state index contributed by atoms with van der Waals surface area (Å²) in [7, 11) is 1.58. The number of anilines is 1. The second-order valence-corrected chi connectivity index (χ2v) is 6.58. The second kappa shape index (κ2) is 9.91. The lowest BCUT2D eigenvalue weighted by Crippen LogP contribution is -2.14. The Kier molecular flexibility index (Phi) is 7.05. The maximum absolute atomic E-state index is 12.5. The molecule has 0 fully saturated rings. The van der Waals surface area contributed by atoms with Gasteiger partial charge in [-0.3, -0.25) is 4.79 Å². The normalized spacial score (nSPS) is 10.5. The summed E-state index contributed by atoms with van der Waals surface area (Å²) in [5.41, 5.74) is 0.451. The first-order chi connectivity index (χ1) is 13.7. The predicted molar refractivity (Wildman–Crippen MR) is 107 cm³/mol. The molecule has 8 heteroatoms. The third-order valence-corrected chi connectivity index (χ3v) is 4.10. The quantitative estimate of drug-likeness (QED) is 0.493. The predicted octanol–water partition coefficient (Wildman–Crippen LogP) is 4.29. The van der Waals surface area contributed by atoms with Gasteiger partial charge in [-0.2, -0.15) is 0 Å². The number of methoxy groups -OCH3 is 1. The van der Waals surface area contributed by atoms with E-state index in [1.807, 2.05) is 24.3 Å². The van der Waals surface area contributed by atoms with Crippen LogP contribution in [0.1, 0.15) is 16.3 Å². The van der Waals surface area contributed by atoms with Gasteiger partial charge in [-0.15, -0.1) is 0 Å². The molecule has 0 aliphatic heterocycles. The van der Waals surface area contributed by atoms with Gasteiger partial charge in [-0.25, -0.2) is 4.98 Å². The van der Waals surface area contributed by atoms with E-state index in [2.05, 4.69) is 26.2 Å². The summed E-state index contributed by atoms with van der Waals surface area (Å²) in [6.45, 7) is 0.958.